The Morgan fingerprint density at radius 1 is 0.221 bits per heavy atom. The minimum atomic E-state index is 0.134. The first-order chi connectivity index (χ1) is 33.8. The zero-order valence-corrected chi connectivity index (χ0v) is 37.0. The van der Waals surface area contributed by atoms with Crippen molar-refractivity contribution in [1.82, 2.24) is 0 Å². The molecule has 310 valence electrons. The van der Waals surface area contributed by atoms with Gasteiger partial charge in [-0.25, -0.2) is 0 Å². The Kier molecular flexibility index (Phi) is 7.27. The molecule has 0 aromatic heterocycles. The van der Waals surface area contributed by atoms with E-state index in [2.05, 4.69) is 240 Å². The zero-order valence-electron chi connectivity index (χ0n) is 37.0. The standard InChI is InChI=1S/C64H38B2N2/c1-5-17-41(18-6-1)67(42-19-7-2-8-20-42)45-35-51-47-25-13-15-27-55(47)65-57-33-40-30-32-50-54-38-46(68(43-21-9-3-10-22-43)44-23-11-4-12-24-44)36-52-48-26-14-16-28-56(48)66(64(52)54)58-34-39-29-31-49(53(37-45)63(51)65)61(57)59(39)60(40)62(50)58/h1-38H. The van der Waals surface area contributed by atoms with E-state index in [1.165, 1.54) is 121 Å². The van der Waals surface area contributed by atoms with Crippen molar-refractivity contribution in [3.05, 3.63) is 231 Å². The van der Waals surface area contributed by atoms with Gasteiger partial charge in [0.1, 0.15) is 0 Å². The molecule has 2 nitrogen and oxygen atoms in total. The average molecular weight is 857 g/mol. The van der Waals surface area contributed by atoms with Crippen LogP contribution >= 0.6 is 0 Å². The van der Waals surface area contributed by atoms with E-state index < -0.39 is 0 Å². The Balaban J connectivity index is 0.991. The van der Waals surface area contributed by atoms with Crippen LogP contribution in [0.5, 0.6) is 0 Å². The summed E-state index contributed by atoms with van der Waals surface area (Å²) in [5.74, 6) is 0. The molecule has 68 heavy (non-hydrogen) atoms. The fraction of sp³-hybridized carbons (Fsp3) is 0. The third-order valence-corrected chi connectivity index (χ3v) is 15.7. The van der Waals surface area contributed by atoms with Crippen LogP contribution in [0.3, 0.4) is 0 Å². The number of fused-ring (bicyclic) bond motifs is 10. The zero-order chi connectivity index (χ0) is 44.2. The molecule has 4 heteroatoms. The molecule has 0 bridgehead atoms. The first-order valence-electron chi connectivity index (χ1n) is 23.9. The molecule has 0 spiro atoms. The Morgan fingerprint density at radius 2 is 0.544 bits per heavy atom. The smallest absolute Gasteiger partial charge is 0.244 e. The SMILES string of the molecule is c1ccc(N(c2ccccc2)c2cc3c4c(c2)-c2ccc5cc6c7c(ccc8cc(c2c5c87)B4c2ccccc2-3)-c2cc(N(c3ccccc3)c3ccccc3)cc3c2B6c2ccccc2-3)cc1. The quantitative estimate of drug-likeness (QED) is 0.121. The molecule has 0 aliphatic carbocycles. The van der Waals surface area contributed by atoms with Gasteiger partial charge in [0, 0.05) is 34.1 Å². The number of hydrogen-bond acceptors (Lipinski definition) is 2. The molecule has 0 amide bonds. The summed E-state index contributed by atoms with van der Waals surface area (Å²) in [6.45, 7) is 0.269. The lowest BCUT2D eigenvalue weighted by Crippen LogP contribution is -2.52. The van der Waals surface area contributed by atoms with Crippen molar-refractivity contribution in [2.24, 2.45) is 0 Å². The van der Waals surface area contributed by atoms with E-state index >= 15 is 0 Å². The second-order valence-corrected chi connectivity index (χ2v) is 19.1. The van der Waals surface area contributed by atoms with Crippen molar-refractivity contribution in [2.75, 3.05) is 9.80 Å². The Bertz CT molecular complexity index is 3750. The largest absolute Gasteiger partial charge is 0.310 e. The molecule has 4 aliphatic rings. The number of nitrogens with zero attached hydrogens (tertiary/aromatic N) is 2. The van der Waals surface area contributed by atoms with Gasteiger partial charge in [-0.1, -0.05) is 191 Å². The van der Waals surface area contributed by atoms with Crippen LogP contribution in [0.15, 0.2) is 231 Å². The first-order valence-corrected chi connectivity index (χ1v) is 23.9. The van der Waals surface area contributed by atoms with Gasteiger partial charge in [-0.05, 0) is 150 Å². The maximum atomic E-state index is 2.58. The van der Waals surface area contributed by atoms with Crippen molar-refractivity contribution >= 4 is 113 Å². The maximum Gasteiger partial charge on any atom is 0.244 e. The van der Waals surface area contributed by atoms with E-state index in [4.69, 9.17) is 0 Å². The monoisotopic (exact) mass is 856 g/mol. The fourth-order valence-corrected chi connectivity index (χ4v) is 13.2. The third kappa shape index (κ3) is 4.78. The minimum Gasteiger partial charge on any atom is -0.310 e. The van der Waals surface area contributed by atoms with E-state index in [-0.39, 0.29) is 13.4 Å². The topological polar surface area (TPSA) is 6.48 Å². The van der Waals surface area contributed by atoms with Gasteiger partial charge in [0.05, 0.1) is 0 Å². The molecule has 0 radical (unpaired) electrons. The number of hydrogen-bond donors (Lipinski definition) is 0. The normalized spacial score (nSPS) is 12.9. The van der Waals surface area contributed by atoms with Gasteiger partial charge in [0.2, 0.25) is 13.4 Å². The number of benzene rings is 12. The summed E-state index contributed by atoms with van der Waals surface area (Å²) in [5.41, 5.74) is 26.1. The Labute approximate surface area is 395 Å². The van der Waals surface area contributed by atoms with Gasteiger partial charge < -0.3 is 9.80 Å². The summed E-state index contributed by atoms with van der Waals surface area (Å²) in [6.07, 6.45) is 0. The average Bonchev–Trinajstić information content (AvgIpc) is 3.92. The van der Waals surface area contributed by atoms with Gasteiger partial charge in [-0.2, -0.15) is 0 Å². The highest BCUT2D eigenvalue weighted by Crippen LogP contribution is 2.49. The lowest BCUT2D eigenvalue weighted by molar-refractivity contribution is 1.29. The van der Waals surface area contributed by atoms with Gasteiger partial charge in [-0.15, -0.1) is 0 Å². The highest BCUT2D eigenvalue weighted by Gasteiger charge is 2.44. The number of para-hydroxylation sites is 4. The molecule has 0 N–H and O–H groups in total. The number of anilines is 6. The van der Waals surface area contributed by atoms with E-state index in [1.54, 1.807) is 0 Å². The van der Waals surface area contributed by atoms with Crippen molar-refractivity contribution in [3.63, 3.8) is 0 Å². The Morgan fingerprint density at radius 3 is 0.912 bits per heavy atom. The van der Waals surface area contributed by atoms with Gasteiger partial charge >= 0.3 is 0 Å². The fourth-order valence-electron chi connectivity index (χ4n) is 13.2. The lowest BCUT2D eigenvalue weighted by Gasteiger charge is -2.32. The van der Waals surface area contributed by atoms with Crippen LogP contribution in [0, 0.1) is 0 Å². The second kappa shape index (κ2) is 13.5. The van der Waals surface area contributed by atoms with Crippen molar-refractivity contribution in [1.29, 1.82) is 0 Å². The van der Waals surface area contributed by atoms with E-state index in [0.29, 0.717) is 0 Å². The van der Waals surface area contributed by atoms with Crippen LogP contribution in [-0.2, 0) is 0 Å². The predicted octanol–water partition coefficient (Wildman–Crippen LogP) is 12.5. The molecule has 4 heterocycles. The summed E-state index contributed by atoms with van der Waals surface area (Å²) >= 11 is 0. The molecule has 12 aromatic carbocycles. The molecule has 4 aliphatic heterocycles. The molecule has 0 saturated carbocycles. The molecular weight excluding hydrogens is 818 g/mol. The number of rotatable bonds is 6. The first kappa shape index (κ1) is 36.6. The molecule has 12 aromatic rings. The van der Waals surface area contributed by atoms with E-state index in [0.717, 1.165) is 22.7 Å². The molecule has 0 atom stereocenters. The van der Waals surface area contributed by atoms with Gasteiger partial charge in [0.15, 0.2) is 0 Å². The maximum absolute atomic E-state index is 2.58. The minimum absolute atomic E-state index is 0.134. The highest BCUT2D eigenvalue weighted by atomic mass is 15.1. The summed E-state index contributed by atoms with van der Waals surface area (Å²) in [5, 5.41) is 8.22. The van der Waals surface area contributed by atoms with Crippen molar-refractivity contribution in [3.8, 4) is 44.5 Å². The van der Waals surface area contributed by atoms with E-state index in [9.17, 15) is 0 Å². The molecule has 0 fully saturated rings. The summed E-state index contributed by atoms with van der Waals surface area (Å²) in [6, 6.07) is 86.6. The van der Waals surface area contributed by atoms with Crippen LogP contribution < -0.4 is 42.6 Å². The molecule has 0 saturated heterocycles. The van der Waals surface area contributed by atoms with Crippen LogP contribution in [-0.4, -0.2) is 13.4 Å². The second-order valence-electron chi connectivity index (χ2n) is 19.1. The van der Waals surface area contributed by atoms with E-state index in [1.807, 2.05) is 0 Å². The molecule has 16 rings (SSSR count). The van der Waals surface area contributed by atoms with Gasteiger partial charge in [0.25, 0.3) is 0 Å². The van der Waals surface area contributed by atoms with Crippen molar-refractivity contribution < 1.29 is 0 Å². The third-order valence-electron chi connectivity index (χ3n) is 15.7. The highest BCUT2D eigenvalue weighted by molar-refractivity contribution is 7.03. The van der Waals surface area contributed by atoms with Crippen LogP contribution in [0.4, 0.5) is 34.1 Å². The van der Waals surface area contributed by atoms with Crippen LogP contribution in [0.2, 0.25) is 0 Å². The van der Waals surface area contributed by atoms with Gasteiger partial charge in [-0.3, -0.25) is 0 Å². The predicted molar refractivity (Wildman–Crippen MR) is 291 cm³/mol. The molecule has 0 unspecified atom stereocenters. The van der Waals surface area contributed by atoms with Crippen LogP contribution in [0.25, 0.3) is 76.8 Å². The molecular formula is C64H38B2N2. The van der Waals surface area contributed by atoms with Crippen LogP contribution in [0.1, 0.15) is 0 Å². The summed E-state index contributed by atoms with van der Waals surface area (Å²) in [4.78, 5) is 4.86. The Hall–Kier alpha value is -8.59. The lowest BCUT2D eigenvalue weighted by atomic mass is 9.34. The summed E-state index contributed by atoms with van der Waals surface area (Å²) < 4.78 is 0. The van der Waals surface area contributed by atoms with Crippen molar-refractivity contribution in [2.45, 2.75) is 0 Å². The summed E-state index contributed by atoms with van der Waals surface area (Å²) in [7, 11) is 0.